The smallest absolute Gasteiger partial charge is 0.133 e. The predicted molar refractivity (Wildman–Crippen MR) is 110 cm³/mol. The van der Waals surface area contributed by atoms with Gasteiger partial charge in [0.05, 0.1) is 5.60 Å². The Morgan fingerprint density at radius 1 is 0.926 bits per heavy atom. The lowest BCUT2D eigenvalue weighted by Crippen LogP contribution is -2.56. The van der Waals surface area contributed by atoms with E-state index in [1.807, 2.05) is 6.92 Å². The van der Waals surface area contributed by atoms with E-state index < -0.39 is 5.60 Å². The SMILES string of the molecule is CC[C@@]1(O)CCC[C@@]2(C)[C@@H](CC[C@@H]3[C@@H]2CC[C@]2(C)[C@@H](C(C)=O)CCC[C@@H]32)C1. The molecule has 4 aliphatic carbocycles. The molecule has 8 atom stereocenters. The van der Waals surface area contributed by atoms with Gasteiger partial charge in [-0.1, -0.05) is 33.6 Å². The third-order valence-electron chi connectivity index (χ3n) is 10.4. The van der Waals surface area contributed by atoms with Crippen LogP contribution < -0.4 is 0 Å². The summed E-state index contributed by atoms with van der Waals surface area (Å²) in [5, 5.41) is 11.1. The Kier molecular flexibility index (Phi) is 5.06. The van der Waals surface area contributed by atoms with Crippen LogP contribution in [0.4, 0.5) is 0 Å². The van der Waals surface area contributed by atoms with Gasteiger partial charge in [0.15, 0.2) is 0 Å². The molecule has 2 heteroatoms. The summed E-state index contributed by atoms with van der Waals surface area (Å²) in [6.07, 6.45) is 14.4. The monoisotopic (exact) mass is 374 g/mol. The Balaban J connectivity index is 1.62. The molecule has 0 heterocycles. The number of rotatable bonds is 2. The van der Waals surface area contributed by atoms with Crippen LogP contribution in [0.25, 0.3) is 0 Å². The standard InChI is InChI=1S/C25H42O2/c1-5-25(27)14-7-13-23(3)18(16-25)10-11-19-21-9-6-8-20(17(2)26)24(21,4)15-12-22(19)23/h18-22,27H,5-16H2,1-4H3/t18-,19-,20+,21-,22-,23-,24+,25+/m0/s1. The van der Waals surface area contributed by atoms with Crippen molar-refractivity contribution < 1.29 is 9.90 Å². The van der Waals surface area contributed by atoms with Crippen molar-refractivity contribution in [1.29, 1.82) is 0 Å². The molecule has 27 heavy (non-hydrogen) atoms. The highest BCUT2D eigenvalue weighted by atomic mass is 16.3. The van der Waals surface area contributed by atoms with Crippen LogP contribution in [0.15, 0.2) is 0 Å². The van der Waals surface area contributed by atoms with Crippen LogP contribution in [0.3, 0.4) is 0 Å². The highest BCUT2D eigenvalue weighted by Crippen LogP contribution is 2.66. The number of Topliss-reactive ketones (excluding diaryl/α,β-unsaturated/α-hetero) is 1. The number of carbonyl (C=O) groups is 1. The summed E-state index contributed by atoms with van der Waals surface area (Å²) in [5.74, 6) is 3.84. The number of hydrogen-bond donors (Lipinski definition) is 1. The lowest BCUT2D eigenvalue weighted by Gasteiger charge is -2.62. The Morgan fingerprint density at radius 3 is 2.37 bits per heavy atom. The molecular formula is C25H42O2. The summed E-state index contributed by atoms with van der Waals surface area (Å²) < 4.78 is 0. The third-order valence-corrected chi connectivity index (χ3v) is 10.4. The van der Waals surface area contributed by atoms with Gasteiger partial charge in [-0.25, -0.2) is 0 Å². The second kappa shape index (κ2) is 6.85. The molecule has 0 aromatic rings. The number of fused-ring (bicyclic) bond motifs is 5. The normalized spacial score (nSPS) is 52.9. The maximum Gasteiger partial charge on any atom is 0.133 e. The van der Waals surface area contributed by atoms with Crippen LogP contribution in [-0.4, -0.2) is 16.5 Å². The molecule has 0 saturated heterocycles. The highest BCUT2D eigenvalue weighted by molar-refractivity contribution is 5.79. The molecule has 154 valence electrons. The minimum atomic E-state index is -0.414. The zero-order valence-electron chi connectivity index (χ0n) is 18.2. The van der Waals surface area contributed by atoms with Crippen molar-refractivity contribution in [3.8, 4) is 0 Å². The largest absolute Gasteiger partial charge is 0.390 e. The van der Waals surface area contributed by atoms with Gasteiger partial charge in [-0.15, -0.1) is 0 Å². The van der Waals surface area contributed by atoms with E-state index in [1.165, 1.54) is 51.4 Å². The Morgan fingerprint density at radius 2 is 1.67 bits per heavy atom. The maximum absolute atomic E-state index is 12.4. The maximum atomic E-state index is 12.4. The minimum Gasteiger partial charge on any atom is -0.390 e. The summed E-state index contributed by atoms with van der Waals surface area (Å²) in [6, 6.07) is 0. The van der Waals surface area contributed by atoms with E-state index in [-0.39, 0.29) is 5.41 Å². The molecule has 0 aliphatic heterocycles. The zero-order chi connectivity index (χ0) is 19.4. The van der Waals surface area contributed by atoms with E-state index >= 15 is 0 Å². The highest BCUT2D eigenvalue weighted by Gasteiger charge is 2.59. The van der Waals surface area contributed by atoms with E-state index in [0.29, 0.717) is 23.0 Å². The third kappa shape index (κ3) is 3.04. The summed E-state index contributed by atoms with van der Waals surface area (Å²) in [5.41, 5.74) is 0.249. The molecule has 1 N–H and O–H groups in total. The first-order valence-electron chi connectivity index (χ1n) is 12.0. The molecule has 0 aromatic carbocycles. The summed E-state index contributed by atoms with van der Waals surface area (Å²) >= 11 is 0. The fourth-order valence-corrected chi connectivity index (χ4v) is 8.80. The van der Waals surface area contributed by atoms with Crippen molar-refractivity contribution >= 4 is 5.78 Å². The second-order valence-corrected chi connectivity index (χ2v) is 11.4. The van der Waals surface area contributed by atoms with Crippen molar-refractivity contribution in [2.24, 2.45) is 40.4 Å². The number of hydrogen-bond acceptors (Lipinski definition) is 2. The van der Waals surface area contributed by atoms with Crippen LogP contribution in [0.2, 0.25) is 0 Å². The molecule has 2 nitrogen and oxygen atoms in total. The van der Waals surface area contributed by atoms with E-state index in [0.717, 1.165) is 43.4 Å². The van der Waals surface area contributed by atoms with E-state index in [9.17, 15) is 9.90 Å². The topological polar surface area (TPSA) is 37.3 Å². The van der Waals surface area contributed by atoms with Crippen molar-refractivity contribution in [2.75, 3.05) is 0 Å². The molecule has 0 aromatic heterocycles. The lowest BCUT2D eigenvalue weighted by atomic mass is 9.42. The average Bonchev–Trinajstić information content (AvgIpc) is 2.76. The van der Waals surface area contributed by atoms with E-state index in [1.54, 1.807) is 0 Å². The van der Waals surface area contributed by atoms with Crippen LogP contribution in [0, 0.1) is 40.4 Å². The molecule has 0 radical (unpaired) electrons. The van der Waals surface area contributed by atoms with E-state index in [4.69, 9.17) is 0 Å². The molecule has 0 amide bonds. The molecule has 4 rings (SSSR count). The number of ketones is 1. The van der Waals surface area contributed by atoms with E-state index in [2.05, 4.69) is 20.8 Å². The van der Waals surface area contributed by atoms with Gasteiger partial charge in [-0.05, 0) is 106 Å². The molecule has 4 saturated carbocycles. The van der Waals surface area contributed by atoms with Gasteiger partial charge in [-0.3, -0.25) is 4.79 Å². The van der Waals surface area contributed by atoms with Crippen LogP contribution >= 0.6 is 0 Å². The van der Waals surface area contributed by atoms with Crippen molar-refractivity contribution in [3.63, 3.8) is 0 Å². The molecular weight excluding hydrogens is 332 g/mol. The Labute approximate surface area is 166 Å². The number of aliphatic hydroxyl groups is 1. The lowest BCUT2D eigenvalue weighted by molar-refractivity contribution is -0.152. The molecule has 0 unspecified atom stereocenters. The quantitative estimate of drug-likeness (QED) is 0.629. The zero-order valence-corrected chi connectivity index (χ0v) is 18.2. The summed E-state index contributed by atoms with van der Waals surface area (Å²) in [4.78, 5) is 12.4. The fourth-order valence-electron chi connectivity index (χ4n) is 8.80. The van der Waals surface area contributed by atoms with Gasteiger partial charge in [-0.2, -0.15) is 0 Å². The molecule has 4 fully saturated rings. The molecule has 4 aliphatic rings. The van der Waals surface area contributed by atoms with Crippen molar-refractivity contribution in [3.05, 3.63) is 0 Å². The number of carbonyl (C=O) groups excluding carboxylic acids is 1. The Hall–Kier alpha value is -0.370. The van der Waals surface area contributed by atoms with Crippen LogP contribution in [0.1, 0.15) is 105 Å². The molecule has 0 bridgehead atoms. The van der Waals surface area contributed by atoms with Crippen molar-refractivity contribution in [1.82, 2.24) is 0 Å². The van der Waals surface area contributed by atoms with Gasteiger partial charge < -0.3 is 5.11 Å². The van der Waals surface area contributed by atoms with Gasteiger partial charge in [0, 0.05) is 5.92 Å². The fraction of sp³-hybridized carbons (Fsp3) is 0.960. The first-order chi connectivity index (χ1) is 12.7. The summed E-state index contributed by atoms with van der Waals surface area (Å²) in [7, 11) is 0. The van der Waals surface area contributed by atoms with Gasteiger partial charge >= 0.3 is 0 Å². The average molecular weight is 375 g/mol. The minimum absolute atomic E-state index is 0.253. The first-order valence-corrected chi connectivity index (χ1v) is 12.0. The second-order valence-electron chi connectivity index (χ2n) is 11.4. The molecule has 0 spiro atoms. The van der Waals surface area contributed by atoms with Crippen molar-refractivity contribution in [2.45, 2.75) is 110 Å². The first kappa shape index (κ1) is 19.9. The van der Waals surface area contributed by atoms with Crippen LogP contribution in [0.5, 0.6) is 0 Å². The van der Waals surface area contributed by atoms with Crippen LogP contribution in [-0.2, 0) is 4.79 Å². The predicted octanol–water partition coefficient (Wildman–Crippen LogP) is 6.16. The summed E-state index contributed by atoms with van der Waals surface area (Å²) in [6.45, 7) is 9.07. The van der Waals surface area contributed by atoms with Gasteiger partial charge in [0.2, 0.25) is 0 Å². The Bertz CT molecular complexity index is 585. The van der Waals surface area contributed by atoms with Gasteiger partial charge in [0.25, 0.3) is 0 Å². The van der Waals surface area contributed by atoms with Gasteiger partial charge in [0.1, 0.15) is 5.78 Å².